The molecule has 1 aromatic heterocycles. The third-order valence-electron chi connectivity index (χ3n) is 5.64. The lowest BCUT2D eigenvalue weighted by Crippen LogP contribution is -2.44. The van der Waals surface area contributed by atoms with Gasteiger partial charge in [-0.3, -0.25) is 9.69 Å². The van der Waals surface area contributed by atoms with Gasteiger partial charge in [-0.2, -0.15) is 0 Å². The molecule has 0 radical (unpaired) electrons. The number of hydrogen-bond acceptors (Lipinski definition) is 3. The number of carbonyl (C=O) groups is 1. The van der Waals surface area contributed by atoms with Gasteiger partial charge in [0.05, 0.1) is 5.69 Å². The van der Waals surface area contributed by atoms with Crippen molar-refractivity contribution in [3.05, 3.63) is 83.1 Å². The van der Waals surface area contributed by atoms with E-state index in [1.807, 2.05) is 31.2 Å². The Balaban J connectivity index is 1.74. The molecule has 1 amide bonds. The molecule has 0 saturated carbocycles. The zero-order chi connectivity index (χ0) is 23.2. The molecule has 32 heavy (non-hydrogen) atoms. The van der Waals surface area contributed by atoms with E-state index in [0.29, 0.717) is 22.5 Å². The lowest BCUT2D eigenvalue weighted by Gasteiger charge is -2.29. The molecule has 1 aliphatic rings. The minimum absolute atomic E-state index is 0.235. The van der Waals surface area contributed by atoms with Crippen molar-refractivity contribution in [2.75, 3.05) is 9.80 Å². The summed E-state index contributed by atoms with van der Waals surface area (Å²) >= 11 is 5.66. The predicted molar refractivity (Wildman–Crippen MR) is 128 cm³/mol. The molecule has 1 fully saturated rings. The Labute approximate surface area is 191 Å². The van der Waals surface area contributed by atoms with Crippen LogP contribution in [0.5, 0.6) is 0 Å². The van der Waals surface area contributed by atoms with Crippen LogP contribution in [-0.4, -0.2) is 21.5 Å². The standard InChI is InChI=1S/C25H21FN4OS/c1-15-6-8-17(9-7-15)20-11-10-18(13-21(20)26)30-24(32)29(23(31)25(30,3)4)19-12-16(2)22(27-5)28-14-19/h6-14H,1-4H3. The van der Waals surface area contributed by atoms with E-state index in [2.05, 4.69) is 9.83 Å². The molecule has 7 heteroatoms. The highest BCUT2D eigenvalue weighted by Crippen LogP contribution is 2.38. The van der Waals surface area contributed by atoms with E-state index in [-0.39, 0.29) is 16.8 Å². The van der Waals surface area contributed by atoms with Crippen LogP contribution >= 0.6 is 12.2 Å². The highest BCUT2D eigenvalue weighted by atomic mass is 32.1. The Bertz CT molecular complexity index is 1290. The second-order valence-electron chi connectivity index (χ2n) is 8.29. The Morgan fingerprint density at radius 2 is 1.75 bits per heavy atom. The normalized spacial score (nSPS) is 15.2. The molecule has 0 spiro atoms. The van der Waals surface area contributed by atoms with Crippen LogP contribution in [0, 0.1) is 26.2 Å². The summed E-state index contributed by atoms with van der Waals surface area (Å²) in [6, 6.07) is 14.2. The van der Waals surface area contributed by atoms with Gasteiger partial charge in [-0.1, -0.05) is 36.4 Å². The maximum atomic E-state index is 15.1. The fourth-order valence-corrected chi connectivity index (χ4v) is 4.38. The van der Waals surface area contributed by atoms with E-state index >= 15 is 4.39 Å². The first-order valence-corrected chi connectivity index (χ1v) is 10.5. The highest BCUT2D eigenvalue weighted by Gasteiger charge is 2.50. The van der Waals surface area contributed by atoms with Crippen molar-refractivity contribution in [1.82, 2.24) is 4.98 Å². The summed E-state index contributed by atoms with van der Waals surface area (Å²) in [4.78, 5) is 23.9. The molecule has 1 aliphatic heterocycles. The van der Waals surface area contributed by atoms with Crippen molar-refractivity contribution in [3.8, 4) is 11.1 Å². The molecular weight excluding hydrogens is 423 g/mol. The number of thiocarbonyl (C=S) groups is 1. The summed E-state index contributed by atoms with van der Waals surface area (Å²) in [5, 5.41) is 0.235. The molecule has 5 nitrogen and oxygen atoms in total. The molecule has 2 heterocycles. The number of aromatic nitrogens is 1. The number of hydrogen-bond donors (Lipinski definition) is 0. The summed E-state index contributed by atoms with van der Waals surface area (Å²) in [6.07, 6.45) is 1.46. The van der Waals surface area contributed by atoms with Crippen molar-refractivity contribution >= 4 is 40.4 Å². The molecule has 2 aromatic carbocycles. The van der Waals surface area contributed by atoms with E-state index in [1.165, 1.54) is 17.2 Å². The second kappa shape index (κ2) is 7.81. The van der Waals surface area contributed by atoms with Crippen LogP contribution in [0.25, 0.3) is 16.0 Å². The van der Waals surface area contributed by atoms with Gasteiger partial charge in [-0.25, -0.2) is 4.39 Å². The fourth-order valence-electron chi connectivity index (χ4n) is 3.86. The van der Waals surface area contributed by atoms with E-state index < -0.39 is 11.4 Å². The molecule has 3 aromatic rings. The third-order valence-corrected chi connectivity index (χ3v) is 6.01. The number of pyridine rings is 1. The van der Waals surface area contributed by atoms with Gasteiger partial charge in [-0.15, -0.1) is 4.98 Å². The van der Waals surface area contributed by atoms with E-state index in [9.17, 15) is 4.79 Å². The van der Waals surface area contributed by atoms with Gasteiger partial charge in [0, 0.05) is 11.3 Å². The Hall–Kier alpha value is -3.63. The average Bonchev–Trinajstić information content (AvgIpc) is 2.92. The summed E-state index contributed by atoms with van der Waals surface area (Å²) in [6.45, 7) is 14.4. The summed E-state index contributed by atoms with van der Waals surface area (Å²) < 4.78 is 15.1. The molecule has 0 unspecified atom stereocenters. The quantitative estimate of drug-likeness (QED) is 0.369. The number of halogens is 1. The Kier molecular flexibility index (Phi) is 5.27. The van der Waals surface area contributed by atoms with Gasteiger partial charge in [0.1, 0.15) is 17.6 Å². The molecule has 0 aliphatic carbocycles. The van der Waals surface area contributed by atoms with Crippen LogP contribution in [0.2, 0.25) is 0 Å². The largest absolute Gasteiger partial charge is 0.360 e. The summed E-state index contributed by atoms with van der Waals surface area (Å²) in [5.74, 6) is -0.367. The number of rotatable bonds is 3. The van der Waals surface area contributed by atoms with Crippen LogP contribution in [0.3, 0.4) is 0 Å². The average molecular weight is 445 g/mol. The van der Waals surface area contributed by atoms with Gasteiger partial charge in [0.2, 0.25) is 0 Å². The lowest BCUT2D eigenvalue weighted by atomic mass is 10.0. The number of benzene rings is 2. The highest BCUT2D eigenvalue weighted by molar-refractivity contribution is 7.81. The first kappa shape index (κ1) is 21.6. The van der Waals surface area contributed by atoms with Crippen LogP contribution in [0.1, 0.15) is 25.0 Å². The Morgan fingerprint density at radius 1 is 1.06 bits per heavy atom. The zero-order valence-corrected chi connectivity index (χ0v) is 19.0. The number of amides is 1. The monoisotopic (exact) mass is 444 g/mol. The van der Waals surface area contributed by atoms with E-state index in [1.54, 1.807) is 43.9 Å². The first-order valence-electron chi connectivity index (χ1n) is 10.0. The number of carbonyl (C=O) groups excluding carboxylic acids is 1. The predicted octanol–water partition coefficient (Wildman–Crippen LogP) is 5.97. The minimum atomic E-state index is -1.03. The summed E-state index contributed by atoms with van der Waals surface area (Å²) in [5.41, 5.74) is 2.96. The molecule has 0 atom stereocenters. The Morgan fingerprint density at radius 3 is 2.34 bits per heavy atom. The third kappa shape index (κ3) is 3.43. The summed E-state index contributed by atoms with van der Waals surface area (Å²) in [7, 11) is 0. The van der Waals surface area contributed by atoms with E-state index in [4.69, 9.17) is 18.8 Å². The SMILES string of the molecule is [C-]#[N+]c1ncc(N2C(=O)C(C)(C)N(c3ccc(-c4ccc(C)cc4)c(F)c3)C2=S)cc1C. The zero-order valence-electron chi connectivity index (χ0n) is 18.2. The molecule has 4 rings (SSSR count). The van der Waals surface area contributed by atoms with E-state index in [0.717, 1.165) is 11.1 Å². The number of nitrogens with zero attached hydrogens (tertiary/aromatic N) is 4. The van der Waals surface area contributed by atoms with Crippen LogP contribution in [0.4, 0.5) is 21.6 Å². The number of anilines is 2. The van der Waals surface area contributed by atoms with Gasteiger partial charge < -0.3 is 9.74 Å². The second-order valence-corrected chi connectivity index (χ2v) is 8.66. The topological polar surface area (TPSA) is 40.8 Å². The molecular formula is C25H21FN4OS. The van der Waals surface area contributed by atoms with Crippen LogP contribution in [0.15, 0.2) is 54.7 Å². The van der Waals surface area contributed by atoms with Crippen LogP contribution < -0.4 is 9.80 Å². The first-order chi connectivity index (χ1) is 15.1. The van der Waals surface area contributed by atoms with Crippen molar-refractivity contribution in [2.45, 2.75) is 33.2 Å². The number of aryl methyl sites for hydroxylation is 2. The van der Waals surface area contributed by atoms with Gasteiger partial charge in [-0.05, 0) is 75.3 Å². The van der Waals surface area contributed by atoms with Gasteiger partial charge in [0.25, 0.3) is 11.7 Å². The van der Waals surface area contributed by atoms with Crippen molar-refractivity contribution < 1.29 is 9.18 Å². The smallest absolute Gasteiger partial charge is 0.272 e. The van der Waals surface area contributed by atoms with Crippen molar-refractivity contribution in [3.63, 3.8) is 0 Å². The molecule has 0 N–H and O–H groups in total. The maximum absolute atomic E-state index is 15.1. The van der Waals surface area contributed by atoms with Crippen molar-refractivity contribution in [2.24, 2.45) is 0 Å². The van der Waals surface area contributed by atoms with Gasteiger partial charge in [0.15, 0.2) is 5.11 Å². The molecule has 1 saturated heterocycles. The maximum Gasteiger partial charge on any atom is 0.272 e. The molecule has 0 bridgehead atoms. The lowest BCUT2D eigenvalue weighted by molar-refractivity contribution is -0.120. The van der Waals surface area contributed by atoms with Crippen LogP contribution in [-0.2, 0) is 4.79 Å². The molecule has 160 valence electrons. The minimum Gasteiger partial charge on any atom is -0.360 e. The fraction of sp³-hybridized carbons (Fsp3) is 0.200. The van der Waals surface area contributed by atoms with Crippen molar-refractivity contribution in [1.29, 1.82) is 0 Å². The van der Waals surface area contributed by atoms with Gasteiger partial charge >= 0.3 is 0 Å².